The van der Waals surface area contributed by atoms with Gasteiger partial charge in [-0.05, 0) is 25.0 Å². The summed E-state index contributed by atoms with van der Waals surface area (Å²) < 4.78 is 19.7. The van der Waals surface area contributed by atoms with E-state index in [1.54, 1.807) is 23.9 Å². The Morgan fingerprint density at radius 1 is 1.36 bits per heavy atom. The van der Waals surface area contributed by atoms with Crippen molar-refractivity contribution in [1.29, 1.82) is 0 Å². The first-order valence-electron chi connectivity index (χ1n) is 7.30. The molecule has 3 nitrogen and oxygen atoms in total. The smallest absolute Gasteiger partial charge is 0.347 e. The van der Waals surface area contributed by atoms with Gasteiger partial charge in [0.05, 0.1) is 11.8 Å². The lowest BCUT2D eigenvalue weighted by atomic mass is 10.0. The van der Waals surface area contributed by atoms with E-state index in [1.165, 1.54) is 26.4 Å². The molecule has 0 radical (unpaired) electrons. The molecule has 1 heterocycles. The van der Waals surface area contributed by atoms with Gasteiger partial charge in [0.15, 0.2) is 11.6 Å². The number of benzene rings is 1. The van der Waals surface area contributed by atoms with Crippen molar-refractivity contribution < 1.29 is 19.0 Å². The van der Waals surface area contributed by atoms with Crippen molar-refractivity contribution in [3.05, 3.63) is 22.8 Å². The first kappa shape index (κ1) is 15.6. The molecule has 0 saturated heterocycles. The molecule has 6 heteroatoms. The molecule has 1 fully saturated rings. The molecule has 0 bridgehead atoms. The molecule has 0 unspecified atom stereocenters. The SMILES string of the molecule is COc1ccc2c(SC3CCCCC3)c(C(=O)O)sc2c1F. The lowest BCUT2D eigenvalue weighted by molar-refractivity contribution is 0.0699. The quantitative estimate of drug-likeness (QED) is 0.834. The van der Waals surface area contributed by atoms with Crippen LogP contribution in [0.4, 0.5) is 4.39 Å². The number of hydrogen-bond acceptors (Lipinski definition) is 4. The average molecular weight is 340 g/mol. The second-order valence-electron chi connectivity index (χ2n) is 5.40. The van der Waals surface area contributed by atoms with Gasteiger partial charge in [-0.1, -0.05) is 19.3 Å². The summed E-state index contributed by atoms with van der Waals surface area (Å²) in [4.78, 5) is 12.5. The topological polar surface area (TPSA) is 46.5 Å². The molecule has 0 aliphatic heterocycles. The highest BCUT2D eigenvalue weighted by Gasteiger charge is 2.25. The third kappa shape index (κ3) is 2.82. The molecule has 1 aliphatic carbocycles. The first-order valence-corrected chi connectivity index (χ1v) is 9.00. The number of carbonyl (C=O) groups is 1. The molecule has 0 spiro atoms. The van der Waals surface area contributed by atoms with Crippen LogP contribution in [-0.2, 0) is 0 Å². The molecular weight excluding hydrogens is 323 g/mol. The number of halogens is 1. The molecule has 1 saturated carbocycles. The molecule has 1 N–H and O–H groups in total. The maximum atomic E-state index is 14.4. The van der Waals surface area contributed by atoms with Crippen LogP contribution in [-0.4, -0.2) is 23.4 Å². The Morgan fingerprint density at radius 2 is 2.09 bits per heavy atom. The van der Waals surface area contributed by atoms with E-state index in [-0.39, 0.29) is 10.6 Å². The Bertz CT molecular complexity index is 705. The van der Waals surface area contributed by atoms with Crippen molar-refractivity contribution in [1.82, 2.24) is 0 Å². The second kappa shape index (κ2) is 6.46. The number of methoxy groups -OCH3 is 1. The van der Waals surface area contributed by atoms with E-state index in [0.717, 1.165) is 24.2 Å². The maximum Gasteiger partial charge on any atom is 0.347 e. The van der Waals surface area contributed by atoms with Gasteiger partial charge in [0.2, 0.25) is 0 Å². The standard InChI is InChI=1S/C16H17FO3S2/c1-20-11-8-7-10-13(12(11)17)22-15(16(18)19)14(10)21-9-5-3-2-4-6-9/h7-9H,2-6H2,1H3,(H,18,19). The van der Waals surface area contributed by atoms with Gasteiger partial charge in [-0.3, -0.25) is 0 Å². The van der Waals surface area contributed by atoms with E-state index in [2.05, 4.69) is 0 Å². The number of carboxylic acid groups (broad SMARTS) is 1. The number of rotatable bonds is 4. The van der Waals surface area contributed by atoms with Crippen molar-refractivity contribution in [2.75, 3.05) is 7.11 Å². The summed E-state index contributed by atoms with van der Waals surface area (Å²) in [7, 11) is 1.41. The fourth-order valence-corrected chi connectivity index (χ4v) is 5.54. The van der Waals surface area contributed by atoms with Gasteiger partial charge < -0.3 is 9.84 Å². The molecule has 2 aromatic rings. The van der Waals surface area contributed by atoms with Crippen LogP contribution in [0.25, 0.3) is 10.1 Å². The van der Waals surface area contributed by atoms with E-state index in [4.69, 9.17) is 4.74 Å². The summed E-state index contributed by atoms with van der Waals surface area (Å²) in [6, 6.07) is 3.34. The second-order valence-corrected chi connectivity index (χ2v) is 7.73. The highest BCUT2D eigenvalue weighted by molar-refractivity contribution is 8.00. The zero-order valence-corrected chi connectivity index (χ0v) is 13.9. The van der Waals surface area contributed by atoms with Crippen molar-refractivity contribution in [3.8, 4) is 5.75 Å². The van der Waals surface area contributed by atoms with Gasteiger partial charge in [0, 0.05) is 15.5 Å². The van der Waals surface area contributed by atoms with Crippen LogP contribution in [0.1, 0.15) is 41.8 Å². The largest absolute Gasteiger partial charge is 0.494 e. The van der Waals surface area contributed by atoms with Crippen LogP contribution in [0.5, 0.6) is 5.75 Å². The Morgan fingerprint density at radius 3 is 2.73 bits per heavy atom. The summed E-state index contributed by atoms with van der Waals surface area (Å²) >= 11 is 2.60. The highest BCUT2D eigenvalue weighted by atomic mass is 32.2. The van der Waals surface area contributed by atoms with Crippen LogP contribution < -0.4 is 4.74 Å². The Labute approximate surface area is 136 Å². The normalized spacial score (nSPS) is 16.1. The summed E-state index contributed by atoms with van der Waals surface area (Å²) in [5, 5.41) is 10.6. The minimum Gasteiger partial charge on any atom is -0.494 e. The predicted molar refractivity (Wildman–Crippen MR) is 88.0 cm³/mol. The minimum atomic E-state index is -0.988. The minimum absolute atomic E-state index is 0.153. The lowest BCUT2D eigenvalue weighted by Crippen LogP contribution is -2.08. The average Bonchev–Trinajstić information content (AvgIpc) is 2.89. The number of carboxylic acids is 1. The Hall–Kier alpha value is -1.27. The highest BCUT2D eigenvalue weighted by Crippen LogP contribution is 2.45. The Kier molecular flexibility index (Phi) is 4.59. The molecule has 0 amide bonds. The summed E-state index contributed by atoms with van der Waals surface area (Å²) in [5.74, 6) is -1.30. The zero-order chi connectivity index (χ0) is 15.7. The zero-order valence-electron chi connectivity index (χ0n) is 12.2. The van der Waals surface area contributed by atoms with Crippen molar-refractivity contribution in [2.24, 2.45) is 0 Å². The van der Waals surface area contributed by atoms with Gasteiger partial charge in [-0.25, -0.2) is 9.18 Å². The molecule has 3 rings (SSSR count). The molecule has 1 aromatic carbocycles. The molecule has 118 valence electrons. The number of hydrogen-bond donors (Lipinski definition) is 1. The maximum absolute atomic E-state index is 14.4. The summed E-state index contributed by atoms with van der Waals surface area (Å²) in [6.45, 7) is 0. The van der Waals surface area contributed by atoms with Gasteiger partial charge >= 0.3 is 5.97 Å². The number of aromatic carboxylic acids is 1. The summed E-state index contributed by atoms with van der Waals surface area (Å²) in [5.41, 5.74) is 0. The van der Waals surface area contributed by atoms with Gasteiger partial charge in [0.1, 0.15) is 4.88 Å². The van der Waals surface area contributed by atoms with Crippen molar-refractivity contribution in [3.63, 3.8) is 0 Å². The van der Waals surface area contributed by atoms with Crippen molar-refractivity contribution in [2.45, 2.75) is 42.2 Å². The molecule has 1 aromatic heterocycles. The van der Waals surface area contributed by atoms with Crippen LogP contribution >= 0.6 is 23.1 Å². The van der Waals surface area contributed by atoms with Gasteiger partial charge in [-0.2, -0.15) is 0 Å². The van der Waals surface area contributed by atoms with Crippen LogP contribution in [0.2, 0.25) is 0 Å². The fourth-order valence-electron chi connectivity index (χ4n) is 2.85. The van der Waals surface area contributed by atoms with Gasteiger partial charge in [-0.15, -0.1) is 23.1 Å². The number of ether oxygens (including phenoxy) is 1. The van der Waals surface area contributed by atoms with E-state index in [9.17, 15) is 14.3 Å². The number of thioether (sulfide) groups is 1. The third-order valence-electron chi connectivity index (χ3n) is 3.97. The summed E-state index contributed by atoms with van der Waals surface area (Å²) in [6.07, 6.45) is 5.81. The molecule has 22 heavy (non-hydrogen) atoms. The van der Waals surface area contributed by atoms with Crippen molar-refractivity contribution >= 4 is 39.2 Å². The van der Waals surface area contributed by atoms with E-state index in [1.807, 2.05) is 0 Å². The van der Waals surface area contributed by atoms with E-state index >= 15 is 0 Å². The molecular formula is C16H17FO3S2. The predicted octanol–water partition coefficient (Wildman–Crippen LogP) is 5.17. The van der Waals surface area contributed by atoms with Crippen LogP contribution in [0, 0.1) is 5.82 Å². The number of fused-ring (bicyclic) bond motifs is 1. The third-order valence-corrected chi connectivity index (χ3v) is 6.75. The molecule has 0 atom stereocenters. The lowest BCUT2D eigenvalue weighted by Gasteiger charge is -2.21. The first-order chi connectivity index (χ1) is 10.6. The van der Waals surface area contributed by atoms with Crippen LogP contribution in [0.15, 0.2) is 17.0 Å². The fraction of sp³-hybridized carbons (Fsp3) is 0.438. The Balaban J connectivity index is 2.07. The molecule has 1 aliphatic rings. The van der Waals surface area contributed by atoms with E-state index < -0.39 is 11.8 Å². The van der Waals surface area contributed by atoms with Gasteiger partial charge in [0.25, 0.3) is 0 Å². The van der Waals surface area contributed by atoms with Crippen LogP contribution in [0.3, 0.4) is 0 Å². The van der Waals surface area contributed by atoms with E-state index in [0.29, 0.717) is 20.2 Å². The monoisotopic (exact) mass is 340 g/mol. The number of thiophene rings is 1.